The third kappa shape index (κ3) is 2.15. The Kier molecular flexibility index (Phi) is 3.11. The highest BCUT2D eigenvalue weighted by Crippen LogP contribution is 2.30. The van der Waals surface area contributed by atoms with Crippen LogP contribution < -0.4 is 10.1 Å². The molecule has 3 nitrogen and oxygen atoms in total. The van der Waals surface area contributed by atoms with Crippen molar-refractivity contribution < 1.29 is 4.74 Å². The Morgan fingerprint density at radius 2 is 2.12 bits per heavy atom. The van der Waals surface area contributed by atoms with E-state index in [1.165, 1.54) is 10.9 Å². The number of hydrogen-bond donors (Lipinski definition) is 2. The van der Waals surface area contributed by atoms with Gasteiger partial charge in [0.05, 0.1) is 6.61 Å². The van der Waals surface area contributed by atoms with E-state index in [2.05, 4.69) is 42.5 Å². The quantitative estimate of drug-likeness (QED) is 0.850. The Bertz CT molecular complexity index is 514. The monoisotopic (exact) mass is 232 g/mol. The number of benzene rings is 1. The highest BCUT2D eigenvalue weighted by atomic mass is 16.5. The maximum Gasteiger partial charge on any atom is 0.120 e. The first kappa shape index (κ1) is 12.0. The lowest BCUT2D eigenvalue weighted by atomic mass is 9.94. The lowest BCUT2D eigenvalue weighted by molar-refractivity contribution is 0.340. The number of nitrogens with one attached hydrogen (secondary N) is 2. The van der Waals surface area contributed by atoms with Crippen LogP contribution in [0, 0.1) is 0 Å². The van der Waals surface area contributed by atoms with E-state index >= 15 is 0 Å². The molecule has 2 N–H and O–H groups in total. The van der Waals surface area contributed by atoms with Crippen molar-refractivity contribution >= 4 is 10.9 Å². The van der Waals surface area contributed by atoms with Crippen molar-refractivity contribution in [2.75, 3.05) is 13.7 Å². The molecule has 0 saturated carbocycles. The minimum absolute atomic E-state index is 0.0525. The van der Waals surface area contributed by atoms with Crippen molar-refractivity contribution in [3.63, 3.8) is 0 Å². The molecule has 0 fully saturated rings. The van der Waals surface area contributed by atoms with Gasteiger partial charge in [0.25, 0.3) is 0 Å². The maximum absolute atomic E-state index is 5.55. The first-order chi connectivity index (χ1) is 8.08. The molecular weight excluding hydrogens is 212 g/mol. The van der Waals surface area contributed by atoms with Crippen LogP contribution in [-0.2, 0) is 5.54 Å². The summed E-state index contributed by atoms with van der Waals surface area (Å²) in [5.41, 5.74) is 2.35. The van der Waals surface area contributed by atoms with Gasteiger partial charge in [-0.15, -0.1) is 0 Å². The van der Waals surface area contributed by atoms with Gasteiger partial charge in [0.2, 0.25) is 0 Å². The zero-order valence-corrected chi connectivity index (χ0v) is 10.9. The first-order valence-corrected chi connectivity index (χ1v) is 6.02. The second-order valence-electron chi connectivity index (χ2n) is 4.72. The average molecular weight is 232 g/mol. The first-order valence-electron chi connectivity index (χ1n) is 6.02. The van der Waals surface area contributed by atoms with Crippen molar-refractivity contribution in [2.45, 2.75) is 26.3 Å². The van der Waals surface area contributed by atoms with Crippen molar-refractivity contribution in [2.24, 2.45) is 0 Å². The van der Waals surface area contributed by atoms with Crippen molar-refractivity contribution in [1.29, 1.82) is 0 Å². The molecule has 92 valence electrons. The molecule has 0 aliphatic rings. The summed E-state index contributed by atoms with van der Waals surface area (Å²) in [4.78, 5) is 3.30. The number of rotatable bonds is 4. The van der Waals surface area contributed by atoms with E-state index in [1.807, 2.05) is 20.0 Å². The molecule has 0 saturated heterocycles. The molecule has 0 unspecified atom stereocenters. The highest BCUT2D eigenvalue weighted by Gasteiger charge is 2.21. The maximum atomic E-state index is 5.55. The van der Waals surface area contributed by atoms with E-state index in [0.717, 1.165) is 11.3 Å². The fraction of sp³-hybridized carbons (Fsp3) is 0.429. The Morgan fingerprint density at radius 3 is 2.76 bits per heavy atom. The Balaban J connectivity index is 2.54. The molecule has 0 atom stereocenters. The van der Waals surface area contributed by atoms with Gasteiger partial charge in [0.15, 0.2) is 0 Å². The lowest BCUT2D eigenvalue weighted by Gasteiger charge is -2.23. The van der Waals surface area contributed by atoms with Gasteiger partial charge in [0, 0.05) is 22.6 Å². The summed E-state index contributed by atoms with van der Waals surface area (Å²) in [6.45, 7) is 7.03. The van der Waals surface area contributed by atoms with Crippen LogP contribution in [0.1, 0.15) is 26.3 Å². The van der Waals surface area contributed by atoms with Gasteiger partial charge in [-0.25, -0.2) is 0 Å². The molecule has 1 aromatic heterocycles. The fourth-order valence-electron chi connectivity index (χ4n) is 2.01. The predicted molar refractivity (Wildman–Crippen MR) is 71.6 cm³/mol. The Morgan fingerprint density at radius 1 is 1.35 bits per heavy atom. The molecule has 0 aliphatic heterocycles. The summed E-state index contributed by atoms with van der Waals surface area (Å²) in [6.07, 6.45) is 2.07. The molecule has 0 amide bonds. The minimum atomic E-state index is -0.0525. The summed E-state index contributed by atoms with van der Waals surface area (Å²) in [7, 11) is 1.98. The summed E-state index contributed by atoms with van der Waals surface area (Å²) < 4.78 is 5.55. The topological polar surface area (TPSA) is 37.0 Å². The zero-order chi connectivity index (χ0) is 12.5. The third-order valence-electron chi connectivity index (χ3n) is 3.26. The van der Waals surface area contributed by atoms with Gasteiger partial charge < -0.3 is 15.0 Å². The number of fused-ring (bicyclic) bond motifs is 1. The summed E-state index contributed by atoms with van der Waals surface area (Å²) in [5, 5.41) is 4.54. The molecule has 3 heteroatoms. The summed E-state index contributed by atoms with van der Waals surface area (Å²) in [5.74, 6) is 0.924. The molecule has 1 heterocycles. The van der Waals surface area contributed by atoms with E-state index in [0.29, 0.717) is 6.61 Å². The molecule has 0 aliphatic carbocycles. The van der Waals surface area contributed by atoms with E-state index in [1.54, 1.807) is 0 Å². The van der Waals surface area contributed by atoms with E-state index in [-0.39, 0.29) is 5.54 Å². The summed E-state index contributed by atoms with van der Waals surface area (Å²) in [6, 6.07) is 6.16. The van der Waals surface area contributed by atoms with Gasteiger partial charge >= 0.3 is 0 Å². The molecule has 2 aromatic rings. The van der Waals surface area contributed by atoms with E-state index < -0.39 is 0 Å². The fourth-order valence-corrected chi connectivity index (χ4v) is 2.01. The molecule has 0 bridgehead atoms. The Labute approximate surface area is 102 Å². The van der Waals surface area contributed by atoms with E-state index in [9.17, 15) is 0 Å². The van der Waals surface area contributed by atoms with Gasteiger partial charge in [-0.05, 0) is 51.6 Å². The smallest absolute Gasteiger partial charge is 0.120 e. The van der Waals surface area contributed by atoms with Crippen LogP contribution >= 0.6 is 0 Å². The largest absolute Gasteiger partial charge is 0.494 e. The van der Waals surface area contributed by atoms with Crippen LogP contribution in [0.3, 0.4) is 0 Å². The normalized spacial score (nSPS) is 12.0. The van der Waals surface area contributed by atoms with Crippen LogP contribution in [-0.4, -0.2) is 18.6 Å². The van der Waals surface area contributed by atoms with Gasteiger partial charge in [-0.3, -0.25) is 0 Å². The minimum Gasteiger partial charge on any atom is -0.494 e. The number of aromatic amines is 1. The third-order valence-corrected chi connectivity index (χ3v) is 3.26. The molecule has 17 heavy (non-hydrogen) atoms. The van der Waals surface area contributed by atoms with Gasteiger partial charge in [-0.2, -0.15) is 0 Å². The second-order valence-corrected chi connectivity index (χ2v) is 4.72. The lowest BCUT2D eigenvalue weighted by Crippen LogP contribution is -2.32. The van der Waals surface area contributed by atoms with Crippen LogP contribution in [0.15, 0.2) is 24.4 Å². The molecule has 1 aromatic carbocycles. The van der Waals surface area contributed by atoms with Crippen molar-refractivity contribution in [3.8, 4) is 5.75 Å². The van der Waals surface area contributed by atoms with Crippen LogP contribution in [0.4, 0.5) is 0 Å². The number of H-pyrrole nitrogens is 1. The van der Waals surface area contributed by atoms with Crippen molar-refractivity contribution in [3.05, 3.63) is 30.0 Å². The van der Waals surface area contributed by atoms with Crippen LogP contribution in [0.2, 0.25) is 0 Å². The Hall–Kier alpha value is -1.48. The summed E-state index contributed by atoms with van der Waals surface area (Å²) >= 11 is 0. The second kappa shape index (κ2) is 4.41. The molecule has 2 rings (SSSR count). The highest BCUT2D eigenvalue weighted by molar-refractivity contribution is 5.85. The standard InChI is InChI=1S/C14H20N2O/c1-5-17-10-6-7-13-11(8-10)12(9-16-13)14(2,3)15-4/h6-9,15-16H,5H2,1-4H3. The zero-order valence-electron chi connectivity index (χ0n) is 10.9. The number of hydrogen-bond acceptors (Lipinski definition) is 2. The molecule has 0 radical (unpaired) electrons. The SMILES string of the molecule is CCOc1ccc2[nH]cc(C(C)(C)NC)c2c1. The van der Waals surface area contributed by atoms with Gasteiger partial charge in [-0.1, -0.05) is 0 Å². The molecular formula is C14H20N2O. The van der Waals surface area contributed by atoms with Gasteiger partial charge in [0.1, 0.15) is 5.75 Å². The number of ether oxygens (including phenoxy) is 1. The van der Waals surface area contributed by atoms with Crippen molar-refractivity contribution in [1.82, 2.24) is 10.3 Å². The number of aromatic nitrogens is 1. The average Bonchev–Trinajstić information content (AvgIpc) is 2.73. The molecule has 0 spiro atoms. The van der Waals surface area contributed by atoms with Crippen LogP contribution in [0.25, 0.3) is 10.9 Å². The predicted octanol–water partition coefficient (Wildman–Crippen LogP) is 3.02. The van der Waals surface area contributed by atoms with E-state index in [4.69, 9.17) is 4.74 Å². The van der Waals surface area contributed by atoms with Crippen LogP contribution in [0.5, 0.6) is 5.75 Å².